The van der Waals surface area contributed by atoms with E-state index in [9.17, 15) is 4.79 Å². The van der Waals surface area contributed by atoms with Crippen LogP contribution in [-0.4, -0.2) is 18.0 Å². The Balaban J connectivity index is 1.79. The van der Waals surface area contributed by atoms with Crippen LogP contribution >= 0.6 is 0 Å². The monoisotopic (exact) mass is 306 g/mol. The maximum atomic E-state index is 12.5. The van der Waals surface area contributed by atoms with Gasteiger partial charge in [0.05, 0.1) is 18.2 Å². The Hall–Kier alpha value is -2.88. The summed E-state index contributed by atoms with van der Waals surface area (Å²) in [5.41, 5.74) is 3.43. The predicted molar refractivity (Wildman–Crippen MR) is 90.6 cm³/mol. The molecule has 23 heavy (non-hydrogen) atoms. The number of amides is 1. The molecule has 4 heteroatoms. The Labute approximate surface area is 135 Å². The van der Waals surface area contributed by atoms with E-state index in [1.54, 1.807) is 13.3 Å². The van der Waals surface area contributed by atoms with E-state index in [0.717, 1.165) is 27.8 Å². The van der Waals surface area contributed by atoms with Crippen molar-refractivity contribution in [2.45, 2.75) is 13.5 Å². The van der Waals surface area contributed by atoms with E-state index < -0.39 is 0 Å². The Morgan fingerprint density at radius 3 is 2.83 bits per heavy atom. The highest BCUT2D eigenvalue weighted by Gasteiger charge is 2.12. The molecule has 0 aliphatic heterocycles. The molecule has 0 radical (unpaired) electrons. The zero-order valence-corrected chi connectivity index (χ0v) is 13.2. The minimum Gasteiger partial charge on any atom is -0.497 e. The fourth-order valence-electron chi connectivity index (χ4n) is 2.57. The van der Waals surface area contributed by atoms with Gasteiger partial charge in [-0.25, -0.2) is 0 Å². The summed E-state index contributed by atoms with van der Waals surface area (Å²) in [7, 11) is 1.63. The first-order valence-corrected chi connectivity index (χ1v) is 7.44. The molecule has 2 aromatic carbocycles. The first-order chi connectivity index (χ1) is 11.2. The molecule has 0 unspecified atom stereocenters. The van der Waals surface area contributed by atoms with Crippen molar-refractivity contribution in [2.75, 3.05) is 7.11 Å². The average Bonchev–Trinajstić information content (AvgIpc) is 2.60. The normalized spacial score (nSPS) is 10.5. The number of nitrogens with zero attached hydrogens (tertiary/aromatic N) is 1. The van der Waals surface area contributed by atoms with E-state index in [4.69, 9.17) is 4.74 Å². The van der Waals surface area contributed by atoms with E-state index in [1.807, 2.05) is 55.5 Å². The largest absolute Gasteiger partial charge is 0.497 e. The molecule has 0 saturated carbocycles. The number of carbonyl (C=O) groups is 1. The first kappa shape index (κ1) is 15.0. The summed E-state index contributed by atoms with van der Waals surface area (Å²) in [5, 5.41) is 3.94. The molecule has 0 atom stereocenters. The number of hydrogen-bond acceptors (Lipinski definition) is 3. The van der Waals surface area contributed by atoms with Crippen molar-refractivity contribution in [3.05, 3.63) is 71.4 Å². The Kier molecular flexibility index (Phi) is 4.24. The van der Waals surface area contributed by atoms with Crippen LogP contribution < -0.4 is 10.1 Å². The third-order valence-corrected chi connectivity index (χ3v) is 3.88. The standard InChI is InChI=1S/C19H18N2O2/c1-13-16-8-3-4-9-18(16)20-12-17(13)19(22)21-11-14-6-5-7-15(10-14)23-2/h3-10,12H,11H2,1-2H3,(H,21,22). The Bertz CT molecular complexity index is 859. The maximum absolute atomic E-state index is 12.5. The van der Waals surface area contributed by atoms with Crippen molar-refractivity contribution < 1.29 is 9.53 Å². The summed E-state index contributed by atoms with van der Waals surface area (Å²) in [6.07, 6.45) is 1.64. The molecular weight excluding hydrogens is 288 g/mol. The molecule has 1 amide bonds. The third kappa shape index (κ3) is 3.16. The summed E-state index contributed by atoms with van der Waals surface area (Å²) >= 11 is 0. The molecule has 3 rings (SSSR count). The van der Waals surface area contributed by atoms with Crippen LogP contribution in [-0.2, 0) is 6.54 Å². The molecular formula is C19H18N2O2. The molecule has 0 aliphatic carbocycles. The Morgan fingerprint density at radius 1 is 1.17 bits per heavy atom. The number of rotatable bonds is 4. The molecule has 4 nitrogen and oxygen atoms in total. The topological polar surface area (TPSA) is 51.2 Å². The van der Waals surface area contributed by atoms with Gasteiger partial charge < -0.3 is 10.1 Å². The number of methoxy groups -OCH3 is 1. The summed E-state index contributed by atoms with van der Waals surface area (Å²) < 4.78 is 5.19. The van der Waals surface area contributed by atoms with Crippen LogP contribution in [0, 0.1) is 6.92 Å². The van der Waals surface area contributed by atoms with Crippen LogP contribution in [0.3, 0.4) is 0 Å². The lowest BCUT2D eigenvalue weighted by molar-refractivity contribution is 0.0950. The quantitative estimate of drug-likeness (QED) is 0.803. The van der Waals surface area contributed by atoms with Crippen LogP contribution in [0.1, 0.15) is 21.5 Å². The number of hydrogen-bond donors (Lipinski definition) is 1. The van der Waals surface area contributed by atoms with Gasteiger partial charge in [0.15, 0.2) is 0 Å². The van der Waals surface area contributed by atoms with E-state index in [0.29, 0.717) is 12.1 Å². The fourth-order valence-corrected chi connectivity index (χ4v) is 2.57. The number of aryl methyl sites for hydroxylation is 1. The molecule has 1 aromatic heterocycles. The smallest absolute Gasteiger partial charge is 0.253 e. The highest BCUT2D eigenvalue weighted by Crippen LogP contribution is 2.19. The molecule has 0 saturated heterocycles. The number of benzene rings is 2. The van der Waals surface area contributed by atoms with Crippen molar-refractivity contribution >= 4 is 16.8 Å². The van der Waals surface area contributed by atoms with Gasteiger partial charge in [-0.3, -0.25) is 9.78 Å². The minimum absolute atomic E-state index is 0.122. The van der Waals surface area contributed by atoms with Gasteiger partial charge in [-0.05, 0) is 36.2 Å². The van der Waals surface area contributed by atoms with Gasteiger partial charge in [0.2, 0.25) is 0 Å². The zero-order valence-electron chi connectivity index (χ0n) is 13.2. The number of ether oxygens (including phenoxy) is 1. The molecule has 3 aromatic rings. The summed E-state index contributed by atoms with van der Waals surface area (Å²) in [6.45, 7) is 2.40. The lowest BCUT2D eigenvalue weighted by Crippen LogP contribution is -2.23. The first-order valence-electron chi connectivity index (χ1n) is 7.44. The second-order valence-electron chi connectivity index (χ2n) is 5.35. The van der Waals surface area contributed by atoms with Gasteiger partial charge in [0.1, 0.15) is 5.75 Å². The summed E-state index contributed by atoms with van der Waals surface area (Å²) in [5.74, 6) is 0.656. The second-order valence-corrected chi connectivity index (χ2v) is 5.35. The van der Waals surface area contributed by atoms with E-state index in [-0.39, 0.29) is 5.91 Å². The van der Waals surface area contributed by atoms with Crippen LogP contribution in [0.2, 0.25) is 0 Å². The molecule has 1 heterocycles. The van der Waals surface area contributed by atoms with Crippen LogP contribution in [0.5, 0.6) is 5.75 Å². The van der Waals surface area contributed by atoms with Gasteiger partial charge in [0.25, 0.3) is 5.91 Å². The number of carbonyl (C=O) groups excluding carboxylic acids is 1. The van der Waals surface area contributed by atoms with Crippen LogP contribution in [0.15, 0.2) is 54.7 Å². The van der Waals surface area contributed by atoms with Gasteiger partial charge >= 0.3 is 0 Å². The molecule has 0 bridgehead atoms. The molecule has 0 fully saturated rings. The van der Waals surface area contributed by atoms with Gasteiger partial charge in [-0.2, -0.15) is 0 Å². The average molecular weight is 306 g/mol. The minimum atomic E-state index is -0.122. The van der Waals surface area contributed by atoms with Crippen molar-refractivity contribution in [3.63, 3.8) is 0 Å². The lowest BCUT2D eigenvalue weighted by atomic mass is 10.0. The number of nitrogens with one attached hydrogen (secondary N) is 1. The van der Waals surface area contributed by atoms with Crippen LogP contribution in [0.4, 0.5) is 0 Å². The third-order valence-electron chi connectivity index (χ3n) is 3.88. The molecule has 0 spiro atoms. The fraction of sp³-hybridized carbons (Fsp3) is 0.158. The number of pyridine rings is 1. The van der Waals surface area contributed by atoms with Gasteiger partial charge in [-0.15, -0.1) is 0 Å². The van der Waals surface area contributed by atoms with E-state index in [1.165, 1.54) is 0 Å². The number of aromatic nitrogens is 1. The van der Waals surface area contributed by atoms with Crippen molar-refractivity contribution in [2.24, 2.45) is 0 Å². The van der Waals surface area contributed by atoms with Gasteiger partial charge in [0, 0.05) is 18.1 Å². The SMILES string of the molecule is COc1cccc(CNC(=O)c2cnc3ccccc3c2C)c1. The highest BCUT2D eigenvalue weighted by molar-refractivity contribution is 5.99. The van der Waals surface area contributed by atoms with E-state index in [2.05, 4.69) is 10.3 Å². The Morgan fingerprint density at radius 2 is 2.00 bits per heavy atom. The second kappa shape index (κ2) is 6.48. The molecule has 116 valence electrons. The van der Waals surface area contributed by atoms with Gasteiger partial charge in [-0.1, -0.05) is 30.3 Å². The van der Waals surface area contributed by atoms with Crippen molar-refractivity contribution in [1.82, 2.24) is 10.3 Å². The summed E-state index contributed by atoms with van der Waals surface area (Å²) in [6, 6.07) is 15.5. The van der Waals surface area contributed by atoms with E-state index >= 15 is 0 Å². The number of fused-ring (bicyclic) bond motifs is 1. The summed E-state index contributed by atoms with van der Waals surface area (Å²) in [4.78, 5) is 16.8. The molecule has 1 N–H and O–H groups in total. The molecule has 0 aliphatic rings. The van der Waals surface area contributed by atoms with Crippen molar-refractivity contribution in [3.8, 4) is 5.75 Å². The van der Waals surface area contributed by atoms with Crippen molar-refractivity contribution in [1.29, 1.82) is 0 Å². The maximum Gasteiger partial charge on any atom is 0.253 e. The van der Waals surface area contributed by atoms with Crippen LogP contribution in [0.25, 0.3) is 10.9 Å². The highest BCUT2D eigenvalue weighted by atomic mass is 16.5. The predicted octanol–water partition coefficient (Wildman–Crippen LogP) is 3.48. The lowest BCUT2D eigenvalue weighted by Gasteiger charge is -2.10. The number of para-hydroxylation sites is 1. The zero-order chi connectivity index (χ0) is 16.2.